The number of nitrogens with one attached hydrogen (secondary N) is 1. The Bertz CT molecular complexity index is 709. The predicted molar refractivity (Wildman–Crippen MR) is 96.9 cm³/mol. The zero-order valence-electron chi connectivity index (χ0n) is 15.2. The molecule has 6 nitrogen and oxygen atoms in total. The molecule has 1 aromatic carbocycles. The molecule has 2 aromatic rings. The van der Waals surface area contributed by atoms with Gasteiger partial charge in [0.25, 0.3) is 0 Å². The van der Waals surface area contributed by atoms with Crippen LogP contribution in [0, 0.1) is 5.82 Å². The molecule has 1 N–H and O–H groups in total. The molecule has 0 spiro atoms. The molecule has 0 aliphatic heterocycles. The monoisotopic (exact) mass is 359 g/mol. The number of benzene rings is 1. The summed E-state index contributed by atoms with van der Waals surface area (Å²) in [6.45, 7) is 1.01. The maximum Gasteiger partial charge on any atom is 0.317 e. The average Bonchev–Trinajstić information content (AvgIpc) is 3.07. The highest BCUT2D eigenvalue weighted by Gasteiger charge is 2.25. The molecule has 0 atom stereocenters. The Labute approximate surface area is 153 Å². The molecule has 3 rings (SSSR count). The summed E-state index contributed by atoms with van der Waals surface area (Å²) in [6.07, 6.45) is 7.87. The summed E-state index contributed by atoms with van der Waals surface area (Å²) >= 11 is 0. The summed E-state index contributed by atoms with van der Waals surface area (Å²) in [5.74, 6) is 0.583. The van der Waals surface area contributed by atoms with Gasteiger partial charge in [0.15, 0.2) is 0 Å². The van der Waals surface area contributed by atoms with E-state index >= 15 is 0 Å². The second-order valence-electron chi connectivity index (χ2n) is 6.89. The van der Waals surface area contributed by atoms with Crippen LogP contribution in [0.5, 0.6) is 0 Å². The van der Waals surface area contributed by atoms with Crippen molar-refractivity contribution in [2.45, 2.75) is 51.1 Å². The topological polar surface area (TPSA) is 63.1 Å². The van der Waals surface area contributed by atoms with Gasteiger partial charge in [-0.2, -0.15) is 0 Å². The van der Waals surface area contributed by atoms with Gasteiger partial charge < -0.3 is 14.8 Å². The normalized spacial score (nSPS) is 15.0. The molecule has 1 heterocycles. The van der Waals surface area contributed by atoms with Crippen LogP contribution in [0.4, 0.5) is 9.18 Å². The van der Waals surface area contributed by atoms with E-state index in [0.717, 1.165) is 37.1 Å². The van der Waals surface area contributed by atoms with Crippen LogP contribution in [0.1, 0.15) is 43.5 Å². The van der Waals surface area contributed by atoms with Crippen LogP contribution in [0.15, 0.2) is 30.6 Å². The Morgan fingerprint density at radius 3 is 2.65 bits per heavy atom. The number of amides is 2. The Hall–Kier alpha value is -2.44. The van der Waals surface area contributed by atoms with Crippen molar-refractivity contribution < 1.29 is 9.18 Å². The summed E-state index contributed by atoms with van der Waals surface area (Å²) in [5, 5.41) is 10.9. The number of aromatic nitrogens is 3. The third-order valence-corrected chi connectivity index (χ3v) is 4.97. The van der Waals surface area contributed by atoms with E-state index in [9.17, 15) is 9.18 Å². The molecule has 0 bridgehead atoms. The van der Waals surface area contributed by atoms with Gasteiger partial charge in [0.2, 0.25) is 0 Å². The van der Waals surface area contributed by atoms with E-state index in [1.165, 1.54) is 18.6 Å². The third-order valence-electron chi connectivity index (χ3n) is 4.97. The van der Waals surface area contributed by atoms with Gasteiger partial charge >= 0.3 is 6.03 Å². The van der Waals surface area contributed by atoms with Crippen molar-refractivity contribution in [1.29, 1.82) is 0 Å². The first-order valence-corrected chi connectivity index (χ1v) is 9.25. The van der Waals surface area contributed by atoms with E-state index in [4.69, 9.17) is 0 Å². The van der Waals surface area contributed by atoms with Crippen LogP contribution < -0.4 is 5.32 Å². The van der Waals surface area contributed by atoms with E-state index in [0.29, 0.717) is 19.5 Å². The predicted octanol–water partition coefficient (Wildman–Crippen LogP) is 3.04. The van der Waals surface area contributed by atoms with Gasteiger partial charge in [-0.05, 0) is 30.5 Å². The van der Waals surface area contributed by atoms with Crippen molar-refractivity contribution in [1.82, 2.24) is 25.0 Å². The largest absolute Gasteiger partial charge is 0.338 e. The molecule has 1 aliphatic rings. The zero-order valence-corrected chi connectivity index (χ0v) is 15.2. The van der Waals surface area contributed by atoms with E-state index in [-0.39, 0.29) is 17.9 Å². The Morgan fingerprint density at radius 2 is 2.00 bits per heavy atom. The van der Waals surface area contributed by atoms with Gasteiger partial charge in [0.05, 0.1) is 0 Å². The average molecular weight is 359 g/mol. The van der Waals surface area contributed by atoms with Gasteiger partial charge in [-0.25, -0.2) is 9.18 Å². The molecule has 0 saturated heterocycles. The minimum absolute atomic E-state index is 0.0663. The summed E-state index contributed by atoms with van der Waals surface area (Å²) in [4.78, 5) is 14.7. The lowest BCUT2D eigenvalue weighted by Crippen LogP contribution is -2.47. The van der Waals surface area contributed by atoms with E-state index in [1.54, 1.807) is 18.5 Å². The number of nitrogens with zero attached hydrogens (tertiary/aromatic N) is 4. The molecule has 26 heavy (non-hydrogen) atoms. The first-order chi connectivity index (χ1) is 12.6. The van der Waals surface area contributed by atoms with Crippen molar-refractivity contribution in [3.63, 3.8) is 0 Å². The SMILES string of the molecule is Cn1cnnc1CCNC(=O)N(Cc1ccc(F)cc1)C1CCCCC1. The Kier molecular flexibility index (Phi) is 6.20. The number of urea groups is 1. The Morgan fingerprint density at radius 1 is 1.27 bits per heavy atom. The lowest BCUT2D eigenvalue weighted by Gasteiger charge is -2.34. The van der Waals surface area contributed by atoms with Gasteiger partial charge in [0.1, 0.15) is 18.0 Å². The number of carbonyl (C=O) groups excluding carboxylic acids is 1. The number of halogens is 1. The lowest BCUT2D eigenvalue weighted by atomic mass is 9.94. The van der Waals surface area contributed by atoms with Crippen molar-refractivity contribution >= 4 is 6.03 Å². The van der Waals surface area contributed by atoms with E-state index in [2.05, 4.69) is 15.5 Å². The number of aryl methyl sites for hydroxylation is 1. The molecule has 2 amide bonds. The fraction of sp³-hybridized carbons (Fsp3) is 0.526. The molecule has 1 saturated carbocycles. The first-order valence-electron chi connectivity index (χ1n) is 9.25. The van der Waals surface area contributed by atoms with Crippen molar-refractivity contribution in [2.24, 2.45) is 7.05 Å². The molecule has 1 aliphatic carbocycles. The summed E-state index contributed by atoms with van der Waals surface area (Å²) in [7, 11) is 1.89. The van der Waals surface area contributed by atoms with Crippen LogP contribution in [-0.2, 0) is 20.0 Å². The van der Waals surface area contributed by atoms with E-state index in [1.807, 2.05) is 16.5 Å². The molecule has 1 fully saturated rings. The summed E-state index contributed by atoms with van der Waals surface area (Å²) in [6, 6.07) is 6.56. The van der Waals surface area contributed by atoms with Gasteiger partial charge in [0, 0.05) is 32.6 Å². The minimum Gasteiger partial charge on any atom is -0.338 e. The second kappa shape index (κ2) is 8.78. The number of carbonyl (C=O) groups is 1. The molecular formula is C19H26FN5O. The fourth-order valence-electron chi connectivity index (χ4n) is 3.46. The smallest absolute Gasteiger partial charge is 0.317 e. The molecule has 140 valence electrons. The number of hydrogen-bond donors (Lipinski definition) is 1. The second-order valence-corrected chi connectivity index (χ2v) is 6.89. The number of hydrogen-bond acceptors (Lipinski definition) is 3. The highest BCUT2D eigenvalue weighted by Crippen LogP contribution is 2.24. The molecular weight excluding hydrogens is 333 g/mol. The summed E-state index contributed by atoms with van der Waals surface area (Å²) in [5.41, 5.74) is 0.945. The minimum atomic E-state index is -0.258. The highest BCUT2D eigenvalue weighted by molar-refractivity contribution is 5.74. The molecule has 7 heteroatoms. The maximum absolute atomic E-state index is 13.2. The van der Waals surface area contributed by atoms with Crippen LogP contribution in [0.25, 0.3) is 0 Å². The molecule has 1 aromatic heterocycles. The fourth-order valence-corrected chi connectivity index (χ4v) is 3.46. The molecule has 0 unspecified atom stereocenters. The van der Waals surface area contributed by atoms with Crippen LogP contribution in [0.2, 0.25) is 0 Å². The quantitative estimate of drug-likeness (QED) is 0.862. The first kappa shape index (κ1) is 18.4. The lowest BCUT2D eigenvalue weighted by molar-refractivity contribution is 0.151. The summed E-state index contributed by atoms with van der Waals surface area (Å²) < 4.78 is 15.0. The van der Waals surface area contributed by atoms with Crippen molar-refractivity contribution in [2.75, 3.05) is 6.54 Å². The van der Waals surface area contributed by atoms with Crippen LogP contribution >= 0.6 is 0 Å². The van der Waals surface area contributed by atoms with Crippen molar-refractivity contribution in [3.05, 3.63) is 47.8 Å². The van der Waals surface area contributed by atoms with Crippen LogP contribution in [-0.4, -0.2) is 38.3 Å². The van der Waals surface area contributed by atoms with Crippen molar-refractivity contribution in [3.8, 4) is 0 Å². The molecule has 0 radical (unpaired) electrons. The highest BCUT2D eigenvalue weighted by atomic mass is 19.1. The van der Waals surface area contributed by atoms with Gasteiger partial charge in [-0.15, -0.1) is 10.2 Å². The standard InChI is InChI=1S/C19H26FN5O/c1-24-14-22-23-18(24)11-12-21-19(26)25(17-5-3-2-4-6-17)13-15-7-9-16(20)10-8-15/h7-10,14,17H,2-6,11-13H2,1H3,(H,21,26). The third kappa shape index (κ3) is 4.80. The van der Waals surface area contributed by atoms with Gasteiger partial charge in [-0.3, -0.25) is 0 Å². The Balaban J connectivity index is 1.62. The van der Waals surface area contributed by atoms with Gasteiger partial charge in [-0.1, -0.05) is 31.4 Å². The zero-order chi connectivity index (χ0) is 18.4. The number of rotatable bonds is 6. The maximum atomic E-state index is 13.2. The van der Waals surface area contributed by atoms with Crippen LogP contribution in [0.3, 0.4) is 0 Å². The van der Waals surface area contributed by atoms with E-state index < -0.39 is 0 Å².